The normalized spacial score (nSPS) is 21.5. The first kappa shape index (κ1) is 21.6. The van der Waals surface area contributed by atoms with E-state index in [0.29, 0.717) is 32.7 Å². The van der Waals surface area contributed by atoms with E-state index in [1.54, 1.807) is 0 Å². The summed E-state index contributed by atoms with van der Waals surface area (Å²) in [6.07, 6.45) is 7.56. The number of carbonyl (C=O) groups is 1. The summed E-state index contributed by atoms with van der Waals surface area (Å²) in [6.45, 7) is 3.98. The number of hydrogen-bond donors (Lipinski definition) is 1. The number of morpholine rings is 1. The number of aromatic nitrogens is 2. The molecule has 0 radical (unpaired) electrons. The van der Waals surface area contributed by atoms with Crippen molar-refractivity contribution in [3.63, 3.8) is 0 Å². The van der Waals surface area contributed by atoms with Crippen LogP contribution in [0.4, 0.5) is 0 Å². The lowest BCUT2D eigenvalue weighted by molar-refractivity contribution is -0.170. The second-order valence-electron chi connectivity index (χ2n) is 8.85. The molecule has 1 saturated heterocycles. The molecule has 5 rings (SSSR count). The van der Waals surface area contributed by atoms with Crippen LogP contribution in [-0.4, -0.2) is 64.3 Å². The second kappa shape index (κ2) is 9.73. The van der Waals surface area contributed by atoms with Crippen molar-refractivity contribution in [2.45, 2.75) is 25.0 Å². The second-order valence-corrected chi connectivity index (χ2v) is 8.85. The van der Waals surface area contributed by atoms with Crippen molar-refractivity contribution < 1.29 is 9.53 Å². The van der Waals surface area contributed by atoms with Crippen molar-refractivity contribution in [2.24, 2.45) is 0 Å². The van der Waals surface area contributed by atoms with E-state index in [2.05, 4.69) is 51.5 Å². The molecule has 2 aromatic carbocycles. The minimum Gasteiger partial charge on any atom is -0.362 e. The minimum absolute atomic E-state index is 0.101. The number of hydrogen-bond acceptors (Lipinski definition) is 4. The summed E-state index contributed by atoms with van der Waals surface area (Å²) in [4.78, 5) is 18.0. The molecule has 1 atom stereocenters. The van der Waals surface area contributed by atoms with E-state index < -0.39 is 5.60 Å². The lowest BCUT2D eigenvalue weighted by Gasteiger charge is -2.42. The summed E-state index contributed by atoms with van der Waals surface area (Å²) in [5.41, 5.74) is 3.71. The fourth-order valence-corrected chi connectivity index (χ4v) is 4.81. The average molecular weight is 443 g/mol. The van der Waals surface area contributed by atoms with E-state index in [1.807, 2.05) is 47.5 Å². The molecule has 0 unspecified atom stereocenters. The number of amides is 1. The van der Waals surface area contributed by atoms with Crippen LogP contribution in [0.5, 0.6) is 0 Å². The Balaban J connectivity index is 1.30. The van der Waals surface area contributed by atoms with Gasteiger partial charge in [0.25, 0.3) is 5.91 Å². The van der Waals surface area contributed by atoms with Crippen molar-refractivity contribution in [3.8, 4) is 11.3 Å². The van der Waals surface area contributed by atoms with Gasteiger partial charge in [0.05, 0.1) is 18.5 Å². The molecular weight excluding hydrogens is 412 g/mol. The Kier molecular flexibility index (Phi) is 6.37. The lowest BCUT2D eigenvalue weighted by atomic mass is 9.95. The van der Waals surface area contributed by atoms with Crippen LogP contribution in [0, 0.1) is 0 Å². The number of aromatic amines is 1. The first-order chi connectivity index (χ1) is 16.2. The number of carbonyl (C=O) groups excluding carboxylic acids is 1. The average Bonchev–Trinajstić information content (AvgIpc) is 3.27. The molecule has 1 N–H and O–H groups in total. The highest BCUT2D eigenvalue weighted by Crippen LogP contribution is 2.30. The Morgan fingerprint density at radius 1 is 1.03 bits per heavy atom. The summed E-state index contributed by atoms with van der Waals surface area (Å²) in [5.74, 6) is 0.101. The van der Waals surface area contributed by atoms with Gasteiger partial charge in [-0.1, -0.05) is 72.8 Å². The Hall–Kier alpha value is -3.22. The maximum Gasteiger partial charge on any atom is 0.256 e. The van der Waals surface area contributed by atoms with Crippen molar-refractivity contribution in [3.05, 3.63) is 90.1 Å². The van der Waals surface area contributed by atoms with Crippen LogP contribution >= 0.6 is 0 Å². The number of ether oxygens (including phenoxy) is 1. The summed E-state index contributed by atoms with van der Waals surface area (Å²) in [6, 6.07) is 20.6. The predicted octanol–water partition coefficient (Wildman–Crippen LogP) is 3.68. The van der Waals surface area contributed by atoms with E-state index in [-0.39, 0.29) is 5.91 Å². The van der Waals surface area contributed by atoms with Gasteiger partial charge in [-0.15, -0.1) is 0 Å². The zero-order valence-corrected chi connectivity index (χ0v) is 18.8. The highest BCUT2D eigenvalue weighted by Gasteiger charge is 2.45. The van der Waals surface area contributed by atoms with Crippen LogP contribution in [0.1, 0.15) is 17.5 Å². The molecule has 0 bridgehead atoms. The molecule has 6 heteroatoms. The molecule has 0 aliphatic carbocycles. The monoisotopic (exact) mass is 442 g/mol. The van der Waals surface area contributed by atoms with Gasteiger partial charge in [-0.3, -0.25) is 14.8 Å². The van der Waals surface area contributed by atoms with E-state index in [9.17, 15) is 4.79 Å². The molecule has 1 amide bonds. The fourth-order valence-electron chi connectivity index (χ4n) is 4.81. The van der Waals surface area contributed by atoms with Gasteiger partial charge < -0.3 is 9.64 Å². The summed E-state index contributed by atoms with van der Waals surface area (Å²) in [5, 5.41) is 7.44. The van der Waals surface area contributed by atoms with Crippen LogP contribution in [0.15, 0.2) is 79.0 Å². The minimum atomic E-state index is -0.821. The zero-order chi connectivity index (χ0) is 22.5. The standard InChI is InChI=1S/C27H30N4O2/c32-26-27(14-7-8-15-31(26)16-13-22-9-3-1-4-10-22)21-30(17-18-33-27)20-24-19-28-29-25(24)23-11-5-2-6-12-23/h1-12,19H,13-18,20-21H2,(H,28,29)/t27-/m0/s1. The zero-order valence-electron chi connectivity index (χ0n) is 18.8. The van der Waals surface area contributed by atoms with Gasteiger partial charge in [0.2, 0.25) is 0 Å². The Morgan fingerprint density at radius 2 is 1.82 bits per heavy atom. The van der Waals surface area contributed by atoms with E-state index in [0.717, 1.165) is 36.3 Å². The largest absolute Gasteiger partial charge is 0.362 e. The highest BCUT2D eigenvalue weighted by atomic mass is 16.5. The Bertz CT molecular complexity index is 1100. The predicted molar refractivity (Wildman–Crippen MR) is 128 cm³/mol. The summed E-state index contributed by atoms with van der Waals surface area (Å²) >= 11 is 0. The molecule has 3 aromatic rings. The van der Waals surface area contributed by atoms with Gasteiger partial charge in [0.1, 0.15) is 0 Å². The first-order valence-corrected chi connectivity index (χ1v) is 11.7. The van der Waals surface area contributed by atoms with Gasteiger partial charge in [-0.2, -0.15) is 5.10 Å². The van der Waals surface area contributed by atoms with E-state index in [1.165, 1.54) is 5.56 Å². The summed E-state index contributed by atoms with van der Waals surface area (Å²) in [7, 11) is 0. The van der Waals surface area contributed by atoms with Crippen molar-refractivity contribution >= 4 is 5.91 Å². The van der Waals surface area contributed by atoms with Gasteiger partial charge in [0, 0.05) is 44.7 Å². The topological polar surface area (TPSA) is 61.5 Å². The Labute approximate surface area is 194 Å². The quantitative estimate of drug-likeness (QED) is 0.592. The van der Waals surface area contributed by atoms with Crippen LogP contribution < -0.4 is 0 Å². The number of nitrogens with one attached hydrogen (secondary N) is 1. The first-order valence-electron chi connectivity index (χ1n) is 11.7. The van der Waals surface area contributed by atoms with Crippen molar-refractivity contribution in [2.75, 3.05) is 32.8 Å². The molecule has 0 saturated carbocycles. The van der Waals surface area contributed by atoms with E-state index in [4.69, 9.17) is 4.74 Å². The van der Waals surface area contributed by atoms with Crippen LogP contribution in [0.25, 0.3) is 11.3 Å². The third-order valence-electron chi connectivity index (χ3n) is 6.57. The Morgan fingerprint density at radius 3 is 2.64 bits per heavy atom. The van der Waals surface area contributed by atoms with E-state index >= 15 is 0 Å². The molecule has 6 nitrogen and oxygen atoms in total. The third kappa shape index (κ3) is 4.77. The molecule has 33 heavy (non-hydrogen) atoms. The molecule has 2 aliphatic heterocycles. The highest BCUT2D eigenvalue weighted by molar-refractivity contribution is 5.86. The number of H-pyrrole nitrogens is 1. The van der Waals surface area contributed by atoms with Gasteiger partial charge >= 0.3 is 0 Å². The lowest BCUT2D eigenvalue weighted by Crippen LogP contribution is -2.60. The number of nitrogens with zero attached hydrogens (tertiary/aromatic N) is 3. The molecule has 1 aromatic heterocycles. The maximum atomic E-state index is 13.7. The third-order valence-corrected chi connectivity index (χ3v) is 6.57. The summed E-state index contributed by atoms with van der Waals surface area (Å²) < 4.78 is 6.24. The molecule has 1 fully saturated rings. The smallest absolute Gasteiger partial charge is 0.256 e. The van der Waals surface area contributed by atoms with Crippen molar-refractivity contribution in [1.82, 2.24) is 20.0 Å². The molecule has 1 spiro atoms. The molecular formula is C27H30N4O2. The number of rotatable bonds is 6. The molecule has 2 aliphatic rings. The molecule has 3 heterocycles. The van der Waals surface area contributed by atoms with Crippen LogP contribution in [0.3, 0.4) is 0 Å². The molecule has 170 valence electrons. The van der Waals surface area contributed by atoms with Gasteiger partial charge in [-0.25, -0.2) is 0 Å². The van der Waals surface area contributed by atoms with Gasteiger partial charge in [0.15, 0.2) is 5.60 Å². The number of benzene rings is 2. The van der Waals surface area contributed by atoms with Crippen molar-refractivity contribution in [1.29, 1.82) is 0 Å². The SMILES string of the molecule is O=C1N(CCc2ccccc2)CC=CC[C@]12CN(Cc1cn[nH]c1-c1ccccc1)CCO2. The van der Waals surface area contributed by atoms with Crippen LogP contribution in [0.2, 0.25) is 0 Å². The maximum absolute atomic E-state index is 13.7. The fraction of sp³-hybridized carbons (Fsp3) is 0.333. The van der Waals surface area contributed by atoms with Crippen LogP contribution in [-0.2, 0) is 22.5 Å². The van der Waals surface area contributed by atoms with Gasteiger partial charge in [-0.05, 0) is 17.5 Å².